The minimum Gasteiger partial charge on any atom is -0.460 e. The fourth-order valence-corrected chi connectivity index (χ4v) is 3.80. The standard InChI is InChI=1S/C23H26O2/c1-4-17(14-18-10-6-5-7-11-18)16-25-22(24)21-20(23(21,2)3)15-19-12-8-9-13-19/h1,5-7,10-11,14-15,20-21H,8-9,12-13,16H2,2-3H3. The molecule has 1 aromatic carbocycles. The fraction of sp³-hybridized carbons (Fsp3) is 0.435. The van der Waals surface area contributed by atoms with E-state index < -0.39 is 0 Å². The number of carbonyl (C=O) groups excluding carboxylic acids is 1. The maximum absolute atomic E-state index is 12.5. The van der Waals surface area contributed by atoms with E-state index in [0.717, 1.165) is 5.56 Å². The SMILES string of the molecule is C#CC(=Cc1ccccc1)COC(=O)C1C(C=C2CCCC2)C1(C)C. The highest BCUT2D eigenvalue weighted by atomic mass is 16.5. The molecule has 0 aromatic heterocycles. The van der Waals surface area contributed by atoms with Gasteiger partial charge in [-0.25, -0.2) is 0 Å². The Hall–Kier alpha value is -2.27. The molecule has 0 N–H and O–H groups in total. The number of terminal acetylenes is 1. The van der Waals surface area contributed by atoms with Gasteiger partial charge in [0.25, 0.3) is 0 Å². The van der Waals surface area contributed by atoms with Crippen molar-refractivity contribution in [1.29, 1.82) is 0 Å². The third-order valence-corrected chi connectivity index (χ3v) is 5.52. The van der Waals surface area contributed by atoms with Crippen molar-refractivity contribution in [2.75, 3.05) is 6.61 Å². The molecular formula is C23H26O2. The summed E-state index contributed by atoms with van der Waals surface area (Å²) in [6.45, 7) is 4.47. The Kier molecular flexibility index (Phi) is 5.13. The van der Waals surface area contributed by atoms with Gasteiger partial charge in [-0.2, -0.15) is 0 Å². The van der Waals surface area contributed by atoms with Gasteiger partial charge in [0, 0.05) is 5.57 Å². The van der Waals surface area contributed by atoms with Crippen LogP contribution in [0.25, 0.3) is 6.08 Å². The molecule has 0 heterocycles. The van der Waals surface area contributed by atoms with Crippen LogP contribution in [-0.2, 0) is 9.53 Å². The monoisotopic (exact) mass is 334 g/mol. The number of ether oxygens (including phenoxy) is 1. The molecule has 2 fully saturated rings. The van der Waals surface area contributed by atoms with Crippen LogP contribution < -0.4 is 0 Å². The van der Waals surface area contributed by atoms with Gasteiger partial charge in [0.1, 0.15) is 6.61 Å². The minimum absolute atomic E-state index is 0.00781. The largest absolute Gasteiger partial charge is 0.460 e. The molecule has 1 aromatic rings. The zero-order valence-electron chi connectivity index (χ0n) is 15.1. The molecule has 25 heavy (non-hydrogen) atoms. The molecule has 0 aliphatic heterocycles. The van der Waals surface area contributed by atoms with Gasteiger partial charge < -0.3 is 4.74 Å². The number of hydrogen-bond acceptors (Lipinski definition) is 2. The number of allylic oxidation sites excluding steroid dienone is 2. The van der Waals surface area contributed by atoms with E-state index in [1.165, 1.54) is 31.3 Å². The first kappa shape index (κ1) is 17.5. The first-order valence-electron chi connectivity index (χ1n) is 9.11. The van der Waals surface area contributed by atoms with Crippen LogP contribution in [0, 0.1) is 29.6 Å². The van der Waals surface area contributed by atoms with Gasteiger partial charge in [0.15, 0.2) is 0 Å². The van der Waals surface area contributed by atoms with Crippen LogP contribution in [0.2, 0.25) is 0 Å². The minimum atomic E-state index is -0.126. The lowest BCUT2D eigenvalue weighted by Gasteiger charge is -2.06. The van der Waals surface area contributed by atoms with Gasteiger partial charge >= 0.3 is 5.97 Å². The van der Waals surface area contributed by atoms with Gasteiger partial charge in [0.05, 0.1) is 5.92 Å². The summed E-state index contributed by atoms with van der Waals surface area (Å²) >= 11 is 0. The second kappa shape index (κ2) is 7.31. The summed E-state index contributed by atoms with van der Waals surface area (Å²) in [4.78, 5) is 12.5. The smallest absolute Gasteiger partial charge is 0.310 e. The van der Waals surface area contributed by atoms with Gasteiger partial charge in [-0.05, 0) is 48.7 Å². The Morgan fingerprint density at radius 3 is 2.60 bits per heavy atom. The highest BCUT2D eigenvalue weighted by Crippen LogP contribution is 2.60. The summed E-state index contributed by atoms with van der Waals surface area (Å²) in [5.74, 6) is 2.76. The first-order chi connectivity index (χ1) is 12.0. The van der Waals surface area contributed by atoms with E-state index in [1.807, 2.05) is 36.4 Å². The maximum Gasteiger partial charge on any atom is 0.310 e. The highest BCUT2D eigenvalue weighted by molar-refractivity contribution is 5.78. The van der Waals surface area contributed by atoms with E-state index in [2.05, 4.69) is 25.8 Å². The molecule has 2 aliphatic rings. The molecule has 2 saturated carbocycles. The van der Waals surface area contributed by atoms with Gasteiger partial charge in [-0.15, -0.1) is 6.42 Å². The Morgan fingerprint density at radius 1 is 1.28 bits per heavy atom. The molecule has 0 radical (unpaired) electrons. The van der Waals surface area contributed by atoms with Crippen molar-refractivity contribution in [3.8, 4) is 12.3 Å². The zero-order chi connectivity index (χ0) is 17.9. The molecule has 2 atom stereocenters. The van der Waals surface area contributed by atoms with Crippen LogP contribution in [0.3, 0.4) is 0 Å². The van der Waals surface area contributed by atoms with E-state index in [4.69, 9.17) is 11.2 Å². The van der Waals surface area contributed by atoms with Crippen molar-refractivity contribution in [2.24, 2.45) is 17.3 Å². The van der Waals surface area contributed by atoms with Crippen LogP contribution in [0.1, 0.15) is 45.1 Å². The van der Waals surface area contributed by atoms with E-state index >= 15 is 0 Å². The summed E-state index contributed by atoms with van der Waals surface area (Å²) in [7, 11) is 0. The Morgan fingerprint density at radius 2 is 1.96 bits per heavy atom. The average Bonchev–Trinajstić information content (AvgIpc) is 2.94. The molecule has 2 aliphatic carbocycles. The molecule has 0 spiro atoms. The van der Waals surface area contributed by atoms with Crippen molar-refractivity contribution in [1.82, 2.24) is 0 Å². The Bertz CT molecular complexity index is 723. The molecule has 0 amide bonds. The summed E-state index contributed by atoms with van der Waals surface area (Å²) in [5.41, 5.74) is 3.21. The highest BCUT2D eigenvalue weighted by Gasteiger charge is 2.61. The summed E-state index contributed by atoms with van der Waals surface area (Å²) < 4.78 is 5.54. The van der Waals surface area contributed by atoms with Crippen LogP contribution >= 0.6 is 0 Å². The van der Waals surface area contributed by atoms with E-state index in [9.17, 15) is 4.79 Å². The van der Waals surface area contributed by atoms with E-state index in [1.54, 1.807) is 0 Å². The third kappa shape index (κ3) is 4.04. The summed E-state index contributed by atoms with van der Waals surface area (Å²) in [6.07, 6.45) is 14.7. The zero-order valence-corrected chi connectivity index (χ0v) is 15.1. The lowest BCUT2D eigenvalue weighted by atomic mass is 10.1. The lowest BCUT2D eigenvalue weighted by Crippen LogP contribution is -2.12. The topological polar surface area (TPSA) is 26.3 Å². The molecule has 130 valence electrons. The van der Waals surface area contributed by atoms with Crippen molar-refractivity contribution < 1.29 is 9.53 Å². The van der Waals surface area contributed by atoms with Gasteiger partial charge in [0.2, 0.25) is 0 Å². The Balaban J connectivity index is 1.60. The van der Waals surface area contributed by atoms with Crippen LogP contribution in [-0.4, -0.2) is 12.6 Å². The summed E-state index contributed by atoms with van der Waals surface area (Å²) in [5, 5.41) is 0. The molecule has 2 unspecified atom stereocenters. The first-order valence-corrected chi connectivity index (χ1v) is 9.11. The number of esters is 1. The van der Waals surface area contributed by atoms with Crippen molar-refractivity contribution >= 4 is 12.0 Å². The predicted molar refractivity (Wildman–Crippen MR) is 102 cm³/mol. The molecule has 3 rings (SSSR count). The molecule has 2 heteroatoms. The number of carbonyl (C=O) groups is 1. The fourth-order valence-electron chi connectivity index (χ4n) is 3.80. The van der Waals surface area contributed by atoms with Crippen LogP contribution in [0.15, 0.2) is 47.6 Å². The quantitative estimate of drug-likeness (QED) is 0.429. The van der Waals surface area contributed by atoms with Crippen LogP contribution in [0.4, 0.5) is 0 Å². The lowest BCUT2D eigenvalue weighted by molar-refractivity contribution is -0.145. The third-order valence-electron chi connectivity index (χ3n) is 5.52. The molecule has 0 saturated heterocycles. The average molecular weight is 334 g/mol. The molecular weight excluding hydrogens is 308 g/mol. The second-order valence-electron chi connectivity index (χ2n) is 7.69. The number of rotatable bonds is 5. The molecule has 2 nitrogen and oxygen atoms in total. The van der Waals surface area contributed by atoms with Gasteiger partial charge in [-0.3, -0.25) is 4.79 Å². The number of hydrogen-bond donors (Lipinski definition) is 0. The second-order valence-corrected chi connectivity index (χ2v) is 7.69. The summed E-state index contributed by atoms with van der Waals surface area (Å²) in [6, 6.07) is 9.83. The van der Waals surface area contributed by atoms with E-state index in [-0.39, 0.29) is 23.9 Å². The van der Waals surface area contributed by atoms with Gasteiger partial charge in [-0.1, -0.05) is 61.7 Å². The van der Waals surface area contributed by atoms with Crippen molar-refractivity contribution in [2.45, 2.75) is 39.5 Å². The number of benzene rings is 1. The van der Waals surface area contributed by atoms with E-state index in [0.29, 0.717) is 11.5 Å². The Labute approximate surface area is 151 Å². The maximum atomic E-state index is 12.5. The normalized spacial score (nSPS) is 24.5. The predicted octanol–water partition coefficient (Wildman–Crippen LogP) is 5.02. The van der Waals surface area contributed by atoms with Crippen molar-refractivity contribution in [3.63, 3.8) is 0 Å². The van der Waals surface area contributed by atoms with Crippen LogP contribution in [0.5, 0.6) is 0 Å². The molecule has 0 bridgehead atoms. The van der Waals surface area contributed by atoms with Crippen molar-refractivity contribution in [3.05, 3.63) is 53.1 Å².